The van der Waals surface area contributed by atoms with Crippen molar-refractivity contribution in [3.63, 3.8) is 0 Å². The van der Waals surface area contributed by atoms with Gasteiger partial charge in [-0.2, -0.15) is 0 Å². The van der Waals surface area contributed by atoms with E-state index < -0.39 is 5.54 Å². The third-order valence-electron chi connectivity index (χ3n) is 3.39. The maximum Gasteiger partial charge on any atom is 0.148 e. The van der Waals surface area contributed by atoms with Crippen LogP contribution in [0.5, 0.6) is 0 Å². The standard InChI is InChI=1S/C14H25N3O/c1-6-14(15,7-2)13-16-11(9-18-5)8-12(17-13)10(3)4/h8,10H,6-7,9,15H2,1-5H3. The molecule has 4 nitrogen and oxygen atoms in total. The van der Waals surface area contributed by atoms with E-state index in [2.05, 4.69) is 37.7 Å². The van der Waals surface area contributed by atoms with Crippen molar-refractivity contribution in [1.82, 2.24) is 9.97 Å². The van der Waals surface area contributed by atoms with Gasteiger partial charge >= 0.3 is 0 Å². The first-order valence-electron chi connectivity index (χ1n) is 6.63. The lowest BCUT2D eigenvalue weighted by Gasteiger charge is -2.26. The van der Waals surface area contributed by atoms with E-state index in [0.29, 0.717) is 12.5 Å². The summed E-state index contributed by atoms with van der Waals surface area (Å²) in [5.74, 6) is 1.10. The molecule has 1 aromatic heterocycles. The number of hydrogen-bond donors (Lipinski definition) is 1. The van der Waals surface area contributed by atoms with Crippen molar-refractivity contribution >= 4 is 0 Å². The minimum atomic E-state index is -0.437. The Kier molecular flexibility index (Phi) is 5.23. The summed E-state index contributed by atoms with van der Waals surface area (Å²) in [4.78, 5) is 9.20. The summed E-state index contributed by atoms with van der Waals surface area (Å²) in [5, 5.41) is 0. The van der Waals surface area contributed by atoms with E-state index in [1.807, 2.05) is 6.07 Å². The molecular formula is C14H25N3O. The van der Waals surface area contributed by atoms with Crippen LogP contribution in [-0.2, 0) is 16.9 Å². The molecule has 0 spiro atoms. The highest BCUT2D eigenvalue weighted by molar-refractivity contribution is 5.17. The van der Waals surface area contributed by atoms with Gasteiger partial charge in [0.15, 0.2) is 0 Å². The first-order valence-corrected chi connectivity index (χ1v) is 6.63. The average molecular weight is 251 g/mol. The van der Waals surface area contributed by atoms with Gasteiger partial charge in [0.25, 0.3) is 0 Å². The second kappa shape index (κ2) is 6.25. The predicted molar refractivity (Wildman–Crippen MR) is 73.3 cm³/mol. The van der Waals surface area contributed by atoms with Crippen LogP contribution >= 0.6 is 0 Å². The zero-order valence-corrected chi connectivity index (χ0v) is 12.2. The molecule has 0 saturated carbocycles. The molecule has 102 valence electrons. The van der Waals surface area contributed by atoms with Crippen LogP contribution in [0.2, 0.25) is 0 Å². The fourth-order valence-electron chi connectivity index (χ4n) is 1.83. The Bertz CT molecular complexity index is 387. The number of nitrogens with two attached hydrogens (primary N) is 1. The van der Waals surface area contributed by atoms with Crippen molar-refractivity contribution in [3.8, 4) is 0 Å². The van der Waals surface area contributed by atoms with Gasteiger partial charge in [-0.25, -0.2) is 9.97 Å². The Morgan fingerprint density at radius 1 is 1.28 bits per heavy atom. The summed E-state index contributed by atoms with van der Waals surface area (Å²) in [7, 11) is 1.67. The van der Waals surface area contributed by atoms with Crippen LogP contribution in [0.4, 0.5) is 0 Å². The van der Waals surface area contributed by atoms with Gasteiger partial charge in [0, 0.05) is 12.8 Å². The van der Waals surface area contributed by atoms with Crippen molar-refractivity contribution < 1.29 is 4.74 Å². The second-order valence-corrected chi connectivity index (χ2v) is 5.06. The largest absolute Gasteiger partial charge is 0.378 e. The smallest absolute Gasteiger partial charge is 0.148 e. The van der Waals surface area contributed by atoms with Gasteiger partial charge in [-0.15, -0.1) is 0 Å². The minimum absolute atomic E-state index is 0.361. The third kappa shape index (κ3) is 3.27. The summed E-state index contributed by atoms with van der Waals surface area (Å²) in [6.45, 7) is 8.89. The van der Waals surface area contributed by atoms with E-state index in [-0.39, 0.29) is 0 Å². The van der Waals surface area contributed by atoms with Crippen molar-refractivity contribution in [2.24, 2.45) is 5.73 Å². The van der Waals surface area contributed by atoms with Crippen LogP contribution in [0, 0.1) is 0 Å². The number of aromatic nitrogens is 2. The van der Waals surface area contributed by atoms with E-state index >= 15 is 0 Å². The zero-order valence-electron chi connectivity index (χ0n) is 12.2. The Morgan fingerprint density at radius 2 is 1.89 bits per heavy atom. The lowest BCUT2D eigenvalue weighted by molar-refractivity contribution is 0.180. The summed E-state index contributed by atoms with van der Waals surface area (Å²) in [5.41, 5.74) is 7.89. The predicted octanol–water partition coefficient (Wildman–Crippen LogP) is 2.72. The molecule has 1 rings (SSSR count). The van der Waals surface area contributed by atoms with Crippen molar-refractivity contribution in [3.05, 3.63) is 23.3 Å². The summed E-state index contributed by atoms with van der Waals surface area (Å²) >= 11 is 0. The quantitative estimate of drug-likeness (QED) is 0.844. The second-order valence-electron chi connectivity index (χ2n) is 5.06. The first-order chi connectivity index (χ1) is 8.46. The molecular weight excluding hydrogens is 226 g/mol. The van der Waals surface area contributed by atoms with Gasteiger partial charge in [-0.05, 0) is 24.8 Å². The number of rotatable bonds is 6. The zero-order chi connectivity index (χ0) is 13.8. The molecule has 0 aliphatic rings. The van der Waals surface area contributed by atoms with Crippen molar-refractivity contribution in [2.45, 2.75) is 58.6 Å². The Labute approximate surface area is 110 Å². The SMILES string of the molecule is CCC(N)(CC)c1nc(COC)cc(C(C)C)n1. The van der Waals surface area contributed by atoms with Crippen LogP contribution in [0.3, 0.4) is 0 Å². The highest BCUT2D eigenvalue weighted by Gasteiger charge is 2.27. The van der Waals surface area contributed by atoms with Gasteiger partial charge in [-0.3, -0.25) is 0 Å². The Morgan fingerprint density at radius 3 is 2.33 bits per heavy atom. The average Bonchev–Trinajstić information content (AvgIpc) is 2.37. The highest BCUT2D eigenvalue weighted by Crippen LogP contribution is 2.24. The number of ether oxygens (including phenoxy) is 1. The lowest BCUT2D eigenvalue weighted by Crippen LogP contribution is -2.37. The molecule has 0 aromatic carbocycles. The van der Waals surface area contributed by atoms with Crippen LogP contribution < -0.4 is 5.73 Å². The fraction of sp³-hybridized carbons (Fsp3) is 0.714. The third-order valence-corrected chi connectivity index (χ3v) is 3.39. The molecule has 0 aliphatic carbocycles. The summed E-state index contributed by atoms with van der Waals surface area (Å²) in [6.07, 6.45) is 1.66. The minimum Gasteiger partial charge on any atom is -0.378 e. The maximum atomic E-state index is 6.39. The molecule has 18 heavy (non-hydrogen) atoms. The monoisotopic (exact) mass is 251 g/mol. The van der Waals surface area contributed by atoms with E-state index in [0.717, 1.165) is 30.1 Å². The van der Waals surface area contributed by atoms with Gasteiger partial charge in [0.2, 0.25) is 0 Å². The molecule has 2 N–H and O–H groups in total. The maximum absolute atomic E-state index is 6.39. The number of methoxy groups -OCH3 is 1. The molecule has 1 aromatic rings. The fourth-order valence-corrected chi connectivity index (χ4v) is 1.83. The van der Waals surface area contributed by atoms with Crippen LogP contribution in [0.1, 0.15) is 63.7 Å². The summed E-state index contributed by atoms with van der Waals surface area (Å²) in [6, 6.07) is 2.00. The molecule has 0 radical (unpaired) electrons. The molecule has 1 heterocycles. The molecule has 0 bridgehead atoms. The van der Waals surface area contributed by atoms with Crippen molar-refractivity contribution in [1.29, 1.82) is 0 Å². The van der Waals surface area contributed by atoms with Crippen LogP contribution in [0.25, 0.3) is 0 Å². The first kappa shape index (κ1) is 15.1. The van der Waals surface area contributed by atoms with Gasteiger partial charge in [0.1, 0.15) is 5.82 Å². The van der Waals surface area contributed by atoms with Crippen molar-refractivity contribution in [2.75, 3.05) is 7.11 Å². The summed E-state index contributed by atoms with van der Waals surface area (Å²) < 4.78 is 5.17. The van der Waals surface area contributed by atoms with Gasteiger partial charge in [-0.1, -0.05) is 27.7 Å². The van der Waals surface area contributed by atoms with E-state index in [1.165, 1.54) is 0 Å². The normalized spacial score (nSPS) is 12.2. The molecule has 0 saturated heterocycles. The highest BCUT2D eigenvalue weighted by atomic mass is 16.5. The Hall–Kier alpha value is -1.00. The molecule has 0 amide bonds. The van der Waals surface area contributed by atoms with E-state index in [4.69, 9.17) is 10.5 Å². The molecule has 0 atom stereocenters. The molecule has 4 heteroatoms. The Balaban J connectivity index is 3.25. The molecule has 0 aliphatic heterocycles. The van der Waals surface area contributed by atoms with E-state index in [1.54, 1.807) is 7.11 Å². The topological polar surface area (TPSA) is 61.0 Å². The number of hydrogen-bond acceptors (Lipinski definition) is 4. The number of nitrogens with zero attached hydrogens (tertiary/aromatic N) is 2. The van der Waals surface area contributed by atoms with Crippen LogP contribution in [-0.4, -0.2) is 17.1 Å². The van der Waals surface area contributed by atoms with E-state index in [9.17, 15) is 0 Å². The van der Waals surface area contributed by atoms with Gasteiger partial charge < -0.3 is 10.5 Å². The molecule has 0 fully saturated rings. The molecule has 0 unspecified atom stereocenters. The van der Waals surface area contributed by atoms with Gasteiger partial charge in [0.05, 0.1) is 17.8 Å². The van der Waals surface area contributed by atoms with Crippen LogP contribution in [0.15, 0.2) is 6.07 Å². The lowest BCUT2D eigenvalue weighted by atomic mass is 9.92.